The maximum absolute atomic E-state index is 4.58. The monoisotopic (exact) mass is 223 g/mol. The first-order valence-corrected chi connectivity index (χ1v) is 6.88. The highest BCUT2D eigenvalue weighted by Crippen LogP contribution is 2.37. The molecule has 0 radical (unpaired) electrons. The Labute approximate surface area is 94.7 Å². The van der Waals surface area contributed by atoms with Crippen LogP contribution in [0.3, 0.4) is 0 Å². The van der Waals surface area contributed by atoms with Crippen LogP contribution in [0.1, 0.15) is 31.0 Å². The summed E-state index contributed by atoms with van der Waals surface area (Å²) in [7, 11) is 0. The molecule has 1 aromatic heterocycles. The van der Waals surface area contributed by atoms with E-state index in [1.54, 1.807) is 0 Å². The second-order valence-corrected chi connectivity index (χ2v) is 5.70. The number of aromatic nitrogens is 2. The van der Waals surface area contributed by atoms with Gasteiger partial charge in [-0.1, -0.05) is 0 Å². The third-order valence-corrected chi connectivity index (χ3v) is 4.22. The molecule has 0 bridgehead atoms. The second kappa shape index (κ2) is 3.74. The summed E-state index contributed by atoms with van der Waals surface area (Å²) in [6.45, 7) is 2.08. The van der Waals surface area contributed by atoms with Gasteiger partial charge < -0.3 is 9.88 Å². The van der Waals surface area contributed by atoms with Crippen LogP contribution in [0.5, 0.6) is 0 Å². The second-order valence-electron chi connectivity index (χ2n) is 4.55. The highest BCUT2D eigenvalue weighted by molar-refractivity contribution is 7.99. The van der Waals surface area contributed by atoms with Crippen LogP contribution >= 0.6 is 11.8 Å². The Morgan fingerprint density at radius 1 is 1.47 bits per heavy atom. The predicted octanol–water partition coefficient (Wildman–Crippen LogP) is 2.44. The van der Waals surface area contributed by atoms with Crippen molar-refractivity contribution in [3.05, 3.63) is 11.9 Å². The zero-order valence-electron chi connectivity index (χ0n) is 9.07. The van der Waals surface area contributed by atoms with E-state index in [9.17, 15) is 0 Å². The molecule has 2 heterocycles. The van der Waals surface area contributed by atoms with Crippen LogP contribution < -0.4 is 5.32 Å². The number of aryl methyl sites for hydroxylation is 1. The van der Waals surface area contributed by atoms with E-state index in [1.165, 1.54) is 30.8 Å². The standard InChI is InChI=1S/C11H17N3S/c1-8-6-14(10-2-3-10)11(12-8)13-9-4-5-15-7-9/h6,9-10H,2-5,7H2,1H3,(H,12,13). The lowest BCUT2D eigenvalue weighted by molar-refractivity contribution is 0.717. The molecule has 2 aliphatic rings. The van der Waals surface area contributed by atoms with Crippen LogP contribution in [0.15, 0.2) is 6.20 Å². The maximum atomic E-state index is 4.58. The molecule has 1 unspecified atom stereocenters. The van der Waals surface area contributed by atoms with Gasteiger partial charge in [-0.15, -0.1) is 0 Å². The quantitative estimate of drug-likeness (QED) is 0.853. The fraction of sp³-hybridized carbons (Fsp3) is 0.727. The molecule has 1 aliphatic carbocycles. The molecule has 15 heavy (non-hydrogen) atoms. The molecule has 2 fully saturated rings. The average Bonchev–Trinajstić information content (AvgIpc) is 2.81. The first-order chi connectivity index (χ1) is 7.33. The fourth-order valence-electron chi connectivity index (χ4n) is 2.08. The number of nitrogens with one attached hydrogen (secondary N) is 1. The minimum Gasteiger partial charge on any atom is -0.352 e. The van der Waals surface area contributed by atoms with Gasteiger partial charge in [0.25, 0.3) is 0 Å². The molecular formula is C11H17N3S. The SMILES string of the molecule is Cc1cn(C2CC2)c(NC2CCSC2)n1. The van der Waals surface area contributed by atoms with E-state index in [1.807, 2.05) is 11.8 Å². The molecule has 3 rings (SSSR count). The molecular weight excluding hydrogens is 206 g/mol. The zero-order chi connectivity index (χ0) is 10.3. The van der Waals surface area contributed by atoms with E-state index in [0.29, 0.717) is 6.04 Å². The summed E-state index contributed by atoms with van der Waals surface area (Å²) in [5.74, 6) is 3.62. The first-order valence-electron chi connectivity index (χ1n) is 5.72. The van der Waals surface area contributed by atoms with E-state index < -0.39 is 0 Å². The Bertz CT molecular complexity index is 351. The van der Waals surface area contributed by atoms with Crippen molar-refractivity contribution < 1.29 is 0 Å². The molecule has 0 amide bonds. The van der Waals surface area contributed by atoms with Crippen molar-refractivity contribution >= 4 is 17.7 Å². The lowest BCUT2D eigenvalue weighted by Gasteiger charge is -2.13. The number of imidazole rings is 1. The van der Waals surface area contributed by atoms with Crippen LogP contribution in [-0.4, -0.2) is 27.1 Å². The number of hydrogen-bond acceptors (Lipinski definition) is 3. The minimum absolute atomic E-state index is 0.634. The largest absolute Gasteiger partial charge is 0.352 e. The molecule has 1 aromatic rings. The van der Waals surface area contributed by atoms with Gasteiger partial charge in [0, 0.05) is 24.0 Å². The third kappa shape index (κ3) is 2.00. The molecule has 0 spiro atoms. The predicted molar refractivity (Wildman–Crippen MR) is 64.6 cm³/mol. The number of nitrogens with zero attached hydrogens (tertiary/aromatic N) is 2. The maximum Gasteiger partial charge on any atom is 0.203 e. The van der Waals surface area contributed by atoms with Gasteiger partial charge in [-0.05, 0) is 31.9 Å². The Balaban J connectivity index is 1.77. The molecule has 1 aliphatic heterocycles. The molecule has 4 heteroatoms. The van der Waals surface area contributed by atoms with Gasteiger partial charge >= 0.3 is 0 Å². The summed E-state index contributed by atoms with van der Waals surface area (Å²) < 4.78 is 2.33. The van der Waals surface area contributed by atoms with Crippen LogP contribution in [-0.2, 0) is 0 Å². The van der Waals surface area contributed by atoms with Gasteiger partial charge in [-0.2, -0.15) is 11.8 Å². The topological polar surface area (TPSA) is 29.9 Å². The van der Waals surface area contributed by atoms with Crippen molar-refractivity contribution in [2.75, 3.05) is 16.8 Å². The van der Waals surface area contributed by atoms with E-state index in [-0.39, 0.29) is 0 Å². The first kappa shape index (κ1) is 9.58. The van der Waals surface area contributed by atoms with E-state index in [0.717, 1.165) is 17.7 Å². The molecule has 1 saturated carbocycles. The van der Waals surface area contributed by atoms with Crippen LogP contribution in [0.2, 0.25) is 0 Å². The van der Waals surface area contributed by atoms with Crippen molar-refractivity contribution in [3.8, 4) is 0 Å². The number of anilines is 1. The number of hydrogen-bond donors (Lipinski definition) is 1. The van der Waals surface area contributed by atoms with Gasteiger partial charge in [-0.3, -0.25) is 0 Å². The number of rotatable bonds is 3. The van der Waals surface area contributed by atoms with Crippen LogP contribution in [0.4, 0.5) is 5.95 Å². The summed E-state index contributed by atoms with van der Waals surface area (Å²) >= 11 is 2.04. The van der Waals surface area contributed by atoms with Crippen LogP contribution in [0.25, 0.3) is 0 Å². The Kier molecular flexibility index (Phi) is 2.39. The fourth-order valence-corrected chi connectivity index (χ4v) is 3.24. The van der Waals surface area contributed by atoms with Crippen molar-refractivity contribution in [2.24, 2.45) is 0 Å². The highest BCUT2D eigenvalue weighted by atomic mass is 32.2. The van der Waals surface area contributed by atoms with Gasteiger partial charge in [0.1, 0.15) is 0 Å². The Morgan fingerprint density at radius 2 is 2.33 bits per heavy atom. The van der Waals surface area contributed by atoms with Gasteiger partial charge in [-0.25, -0.2) is 4.98 Å². The molecule has 3 nitrogen and oxygen atoms in total. The summed E-state index contributed by atoms with van der Waals surface area (Å²) in [6.07, 6.45) is 6.11. The van der Waals surface area contributed by atoms with Crippen molar-refractivity contribution in [1.29, 1.82) is 0 Å². The minimum atomic E-state index is 0.634. The lowest BCUT2D eigenvalue weighted by Crippen LogP contribution is -2.20. The Morgan fingerprint density at radius 3 is 3.00 bits per heavy atom. The third-order valence-electron chi connectivity index (χ3n) is 3.06. The molecule has 1 N–H and O–H groups in total. The van der Waals surface area contributed by atoms with Crippen molar-refractivity contribution in [3.63, 3.8) is 0 Å². The average molecular weight is 223 g/mol. The summed E-state index contributed by atoms with van der Waals surface area (Å²) in [5, 5.41) is 3.58. The van der Waals surface area contributed by atoms with Crippen LogP contribution in [0, 0.1) is 6.92 Å². The van der Waals surface area contributed by atoms with E-state index >= 15 is 0 Å². The van der Waals surface area contributed by atoms with E-state index in [4.69, 9.17) is 0 Å². The molecule has 1 saturated heterocycles. The van der Waals surface area contributed by atoms with Crippen molar-refractivity contribution in [2.45, 2.75) is 38.3 Å². The van der Waals surface area contributed by atoms with Crippen molar-refractivity contribution in [1.82, 2.24) is 9.55 Å². The normalized spacial score (nSPS) is 25.8. The zero-order valence-corrected chi connectivity index (χ0v) is 9.89. The highest BCUT2D eigenvalue weighted by Gasteiger charge is 2.27. The molecule has 1 atom stereocenters. The molecule has 82 valence electrons. The summed E-state index contributed by atoms with van der Waals surface area (Å²) in [6, 6.07) is 1.36. The van der Waals surface area contributed by atoms with Gasteiger partial charge in [0.15, 0.2) is 0 Å². The molecule has 0 aromatic carbocycles. The number of thioether (sulfide) groups is 1. The summed E-state index contributed by atoms with van der Waals surface area (Å²) in [5.41, 5.74) is 1.13. The van der Waals surface area contributed by atoms with Gasteiger partial charge in [0.05, 0.1) is 5.69 Å². The Hall–Kier alpha value is -0.640. The van der Waals surface area contributed by atoms with E-state index in [2.05, 4.69) is 28.0 Å². The summed E-state index contributed by atoms with van der Waals surface area (Å²) in [4.78, 5) is 4.58. The van der Waals surface area contributed by atoms with Gasteiger partial charge in [0.2, 0.25) is 5.95 Å². The lowest BCUT2D eigenvalue weighted by atomic mass is 10.3. The smallest absolute Gasteiger partial charge is 0.203 e.